The molecule has 3 atom stereocenters. The van der Waals surface area contributed by atoms with Crippen molar-refractivity contribution >= 4 is 12.1 Å². The standard InChI is InChI=1S/C38H50N2O6/c1-37(2,3)30-15-19-32(20-16-30)45-34(35(41)42)23-27-13-17-31(18-14-27)44-22-21-40(36(43)46-38(4,5)6)33-24-29(33)26-39(7)25-28-11-9-8-10-12-28/h8-20,29,33-34H,21-26H2,1-7H3,(H,41,42)/t29?,33-,34+/m1/s1. The lowest BCUT2D eigenvalue weighted by molar-refractivity contribution is -0.145. The van der Waals surface area contributed by atoms with Gasteiger partial charge in [-0.1, -0.05) is 75.4 Å². The number of rotatable bonds is 14. The highest BCUT2D eigenvalue weighted by atomic mass is 16.6. The van der Waals surface area contributed by atoms with Crippen molar-refractivity contribution < 1.29 is 28.9 Å². The zero-order valence-corrected chi connectivity index (χ0v) is 28.4. The summed E-state index contributed by atoms with van der Waals surface area (Å²) in [6.07, 6.45) is -0.198. The summed E-state index contributed by atoms with van der Waals surface area (Å²) in [5.74, 6) is 0.525. The van der Waals surface area contributed by atoms with E-state index in [4.69, 9.17) is 14.2 Å². The van der Waals surface area contributed by atoms with Gasteiger partial charge in [0.25, 0.3) is 0 Å². The number of carboxylic acids is 1. The predicted octanol–water partition coefficient (Wildman–Crippen LogP) is 7.20. The Kier molecular flexibility index (Phi) is 11.4. The van der Waals surface area contributed by atoms with Gasteiger partial charge in [-0.05, 0) is 86.5 Å². The van der Waals surface area contributed by atoms with Gasteiger partial charge in [0.1, 0.15) is 23.7 Å². The first-order chi connectivity index (χ1) is 21.7. The Bertz CT molecular complexity index is 1410. The first-order valence-corrected chi connectivity index (χ1v) is 16.1. The highest BCUT2D eigenvalue weighted by Crippen LogP contribution is 2.37. The van der Waals surface area contributed by atoms with Crippen LogP contribution < -0.4 is 9.47 Å². The van der Waals surface area contributed by atoms with Crippen molar-refractivity contribution in [1.29, 1.82) is 0 Å². The van der Waals surface area contributed by atoms with Gasteiger partial charge in [0.2, 0.25) is 0 Å². The van der Waals surface area contributed by atoms with Crippen LogP contribution in [-0.2, 0) is 27.9 Å². The Balaban J connectivity index is 1.30. The second kappa shape index (κ2) is 15.0. The lowest BCUT2D eigenvalue weighted by atomic mass is 9.87. The van der Waals surface area contributed by atoms with E-state index in [-0.39, 0.29) is 24.0 Å². The second-order valence-electron chi connectivity index (χ2n) is 14.3. The van der Waals surface area contributed by atoms with Gasteiger partial charge in [0.15, 0.2) is 6.10 Å². The van der Waals surface area contributed by atoms with E-state index in [1.807, 2.05) is 80.3 Å². The van der Waals surface area contributed by atoms with Crippen LogP contribution in [-0.4, -0.2) is 71.5 Å². The van der Waals surface area contributed by atoms with Gasteiger partial charge in [0.05, 0.1) is 6.54 Å². The summed E-state index contributed by atoms with van der Waals surface area (Å²) in [5.41, 5.74) is 2.65. The molecule has 46 heavy (non-hydrogen) atoms. The Labute approximate surface area is 274 Å². The largest absolute Gasteiger partial charge is 0.492 e. The molecule has 1 N–H and O–H groups in total. The van der Waals surface area contributed by atoms with Crippen LogP contribution in [0, 0.1) is 5.92 Å². The second-order valence-corrected chi connectivity index (χ2v) is 14.3. The summed E-state index contributed by atoms with van der Waals surface area (Å²) < 4.78 is 17.6. The highest BCUT2D eigenvalue weighted by Gasteiger charge is 2.45. The third-order valence-electron chi connectivity index (χ3n) is 7.97. The Morgan fingerprint density at radius 2 is 1.50 bits per heavy atom. The molecule has 1 unspecified atom stereocenters. The van der Waals surface area contributed by atoms with Gasteiger partial charge in [-0.2, -0.15) is 0 Å². The van der Waals surface area contributed by atoms with Gasteiger partial charge in [-0.25, -0.2) is 9.59 Å². The predicted molar refractivity (Wildman–Crippen MR) is 180 cm³/mol. The minimum absolute atomic E-state index is 0.00253. The smallest absolute Gasteiger partial charge is 0.410 e. The molecule has 3 aromatic rings. The molecule has 248 valence electrons. The van der Waals surface area contributed by atoms with Gasteiger partial charge >= 0.3 is 12.1 Å². The molecule has 0 bridgehead atoms. The number of hydrogen-bond donors (Lipinski definition) is 1. The molecular formula is C38H50N2O6. The van der Waals surface area contributed by atoms with E-state index in [9.17, 15) is 14.7 Å². The molecule has 0 saturated heterocycles. The van der Waals surface area contributed by atoms with E-state index in [2.05, 4.69) is 57.0 Å². The molecule has 0 heterocycles. The summed E-state index contributed by atoms with van der Waals surface area (Å²) >= 11 is 0. The molecule has 1 aliphatic carbocycles. The number of carboxylic acid groups (broad SMARTS) is 1. The van der Waals surface area contributed by atoms with E-state index in [0.29, 0.717) is 30.6 Å². The molecule has 0 spiro atoms. The normalized spacial score (nSPS) is 16.9. The fraction of sp³-hybridized carbons (Fsp3) is 0.474. The van der Waals surface area contributed by atoms with E-state index < -0.39 is 17.7 Å². The number of ether oxygens (including phenoxy) is 3. The summed E-state index contributed by atoms with van der Waals surface area (Å²) in [5, 5.41) is 9.81. The summed E-state index contributed by atoms with van der Waals surface area (Å²) in [6, 6.07) is 25.4. The van der Waals surface area contributed by atoms with E-state index >= 15 is 0 Å². The number of carbonyl (C=O) groups excluding carboxylic acids is 1. The molecule has 8 heteroatoms. The number of amides is 1. The van der Waals surface area contributed by atoms with Gasteiger partial charge < -0.3 is 29.1 Å². The van der Waals surface area contributed by atoms with Gasteiger partial charge in [-0.3, -0.25) is 0 Å². The fourth-order valence-electron chi connectivity index (χ4n) is 5.46. The summed E-state index contributed by atoms with van der Waals surface area (Å²) in [4.78, 5) is 29.3. The number of benzene rings is 3. The monoisotopic (exact) mass is 630 g/mol. The summed E-state index contributed by atoms with van der Waals surface area (Å²) in [6.45, 7) is 14.5. The number of nitrogens with zero attached hydrogens (tertiary/aromatic N) is 2. The molecule has 0 aromatic heterocycles. The first kappa shape index (κ1) is 34.8. The lowest BCUT2D eigenvalue weighted by Gasteiger charge is -2.28. The molecule has 0 radical (unpaired) electrons. The molecule has 4 rings (SSSR count). The van der Waals surface area contributed by atoms with E-state index in [1.54, 1.807) is 0 Å². The number of hydrogen-bond acceptors (Lipinski definition) is 6. The van der Waals surface area contributed by atoms with Crippen LogP contribution in [0.4, 0.5) is 4.79 Å². The first-order valence-electron chi connectivity index (χ1n) is 16.1. The fourth-order valence-corrected chi connectivity index (χ4v) is 5.46. The molecule has 1 aliphatic rings. The van der Waals surface area contributed by atoms with Crippen LogP contribution in [0.2, 0.25) is 0 Å². The lowest BCUT2D eigenvalue weighted by Crippen LogP contribution is -2.41. The van der Waals surface area contributed by atoms with Crippen molar-refractivity contribution in [3.05, 3.63) is 95.6 Å². The highest BCUT2D eigenvalue weighted by molar-refractivity contribution is 5.73. The van der Waals surface area contributed by atoms with Gasteiger partial charge in [0, 0.05) is 25.6 Å². The van der Waals surface area contributed by atoms with Gasteiger partial charge in [-0.15, -0.1) is 0 Å². The average molecular weight is 631 g/mol. The molecule has 0 aliphatic heterocycles. The zero-order valence-electron chi connectivity index (χ0n) is 28.4. The van der Waals surface area contributed by atoms with E-state index in [1.165, 1.54) is 5.56 Å². The minimum Gasteiger partial charge on any atom is -0.492 e. The average Bonchev–Trinajstić information content (AvgIpc) is 3.73. The van der Waals surface area contributed by atoms with Crippen molar-refractivity contribution in [1.82, 2.24) is 9.80 Å². The van der Waals surface area contributed by atoms with Crippen molar-refractivity contribution in [2.45, 2.75) is 84.1 Å². The maximum absolute atomic E-state index is 13.2. The Morgan fingerprint density at radius 1 is 0.870 bits per heavy atom. The van der Waals surface area contributed by atoms with Crippen molar-refractivity contribution in [3.8, 4) is 11.5 Å². The third kappa shape index (κ3) is 10.8. The molecule has 1 saturated carbocycles. The van der Waals surface area contributed by atoms with Crippen molar-refractivity contribution in [2.24, 2.45) is 5.92 Å². The topological polar surface area (TPSA) is 88.5 Å². The zero-order chi connectivity index (χ0) is 33.5. The van der Waals surface area contributed by atoms with Crippen LogP contribution >= 0.6 is 0 Å². The molecule has 3 aromatic carbocycles. The quantitative estimate of drug-likeness (QED) is 0.202. The number of aliphatic carboxylic acids is 1. The molecule has 1 fully saturated rings. The molecule has 8 nitrogen and oxygen atoms in total. The van der Waals surface area contributed by atoms with E-state index in [0.717, 1.165) is 30.6 Å². The minimum atomic E-state index is -1.02. The van der Waals surface area contributed by atoms with Crippen molar-refractivity contribution in [2.75, 3.05) is 26.7 Å². The van der Waals surface area contributed by atoms with Crippen LogP contribution in [0.5, 0.6) is 11.5 Å². The van der Waals surface area contributed by atoms with Crippen LogP contribution in [0.15, 0.2) is 78.9 Å². The van der Waals surface area contributed by atoms with Crippen LogP contribution in [0.3, 0.4) is 0 Å². The van der Waals surface area contributed by atoms with Crippen LogP contribution in [0.1, 0.15) is 64.7 Å². The third-order valence-corrected chi connectivity index (χ3v) is 7.97. The van der Waals surface area contributed by atoms with Crippen molar-refractivity contribution in [3.63, 3.8) is 0 Å². The number of carbonyl (C=O) groups is 2. The molecule has 1 amide bonds. The Morgan fingerprint density at radius 3 is 2.09 bits per heavy atom. The maximum Gasteiger partial charge on any atom is 0.410 e. The SMILES string of the molecule is CN(Cc1ccccc1)CC1C[C@H]1N(CCOc1ccc(C[C@H](Oc2ccc(C(C)(C)C)cc2)C(=O)O)cc1)C(=O)OC(C)(C)C. The molecular weight excluding hydrogens is 580 g/mol. The Hall–Kier alpha value is -4.04. The maximum atomic E-state index is 13.2. The summed E-state index contributed by atoms with van der Waals surface area (Å²) in [7, 11) is 2.11. The van der Waals surface area contributed by atoms with Crippen LogP contribution in [0.25, 0.3) is 0 Å².